The number of ether oxygens (including phenoxy) is 2. The van der Waals surface area contributed by atoms with Crippen molar-refractivity contribution >= 4 is 24.0 Å². The van der Waals surface area contributed by atoms with Crippen molar-refractivity contribution in [3.05, 3.63) is 94.5 Å². The van der Waals surface area contributed by atoms with Gasteiger partial charge in [-0.25, -0.2) is 0 Å². The SMILES string of the molecule is COc1cc(CNCc2ccccc2Cl)ccc1OCc1ccccc1.Cl. The van der Waals surface area contributed by atoms with Gasteiger partial charge >= 0.3 is 0 Å². The Kier molecular flexibility index (Phi) is 8.46. The Labute approximate surface area is 171 Å². The first-order chi connectivity index (χ1) is 12.8. The number of rotatable bonds is 8. The van der Waals surface area contributed by atoms with Crippen molar-refractivity contribution in [1.29, 1.82) is 0 Å². The molecule has 142 valence electrons. The third kappa shape index (κ3) is 6.17. The Hall–Kier alpha value is -2.20. The normalized spacial score (nSPS) is 10.1. The van der Waals surface area contributed by atoms with E-state index in [1.54, 1.807) is 7.11 Å². The summed E-state index contributed by atoms with van der Waals surface area (Å²) in [4.78, 5) is 0. The number of halogens is 2. The molecule has 0 saturated carbocycles. The van der Waals surface area contributed by atoms with Crippen molar-refractivity contribution in [1.82, 2.24) is 5.32 Å². The van der Waals surface area contributed by atoms with Crippen molar-refractivity contribution in [3.63, 3.8) is 0 Å². The molecule has 0 bridgehead atoms. The zero-order valence-electron chi connectivity index (χ0n) is 15.2. The first-order valence-electron chi connectivity index (χ1n) is 8.54. The molecule has 0 aliphatic rings. The largest absolute Gasteiger partial charge is 0.493 e. The molecular weight excluding hydrogens is 381 g/mol. The summed E-state index contributed by atoms with van der Waals surface area (Å²) < 4.78 is 11.4. The van der Waals surface area contributed by atoms with E-state index in [-0.39, 0.29) is 12.4 Å². The maximum Gasteiger partial charge on any atom is 0.161 e. The topological polar surface area (TPSA) is 30.5 Å². The third-order valence-electron chi connectivity index (χ3n) is 4.07. The van der Waals surface area contributed by atoms with Gasteiger partial charge in [-0.2, -0.15) is 0 Å². The highest BCUT2D eigenvalue weighted by molar-refractivity contribution is 6.31. The van der Waals surface area contributed by atoms with E-state index in [0.29, 0.717) is 13.2 Å². The molecule has 0 aromatic heterocycles. The Bertz CT molecular complexity index is 841. The van der Waals surface area contributed by atoms with Crippen molar-refractivity contribution < 1.29 is 9.47 Å². The van der Waals surface area contributed by atoms with E-state index in [4.69, 9.17) is 21.1 Å². The van der Waals surface area contributed by atoms with Crippen LogP contribution < -0.4 is 14.8 Å². The predicted octanol–water partition coefficient (Wildman–Crippen LogP) is 5.64. The number of methoxy groups -OCH3 is 1. The summed E-state index contributed by atoms with van der Waals surface area (Å²) in [5.74, 6) is 1.48. The molecule has 3 aromatic rings. The van der Waals surface area contributed by atoms with Gasteiger partial charge in [0.25, 0.3) is 0 Å². The fourth-order valence-corrected chi connectivity index (χ4v) is 2.86. The second-order valence-electron chi connectivity index (χ2n) is 5.95. The zero-order valence-corrected chi connectivity index (χ0v) is 16.7. The van der Waals surface area contributed by atoms with Gasteiger partial charge in [0.05, 0.1) is 7.11 Å². The summed E-state index contributed by atoms with van der Waals surface area (Å²) >= 11 is 6.18. The van der Waals surface area contributed by atoms with Gasteiger partial charge in [0, 0.05) is 18.1 Å². The van der Waals surface area contributed by atoms with Gasteiger partial charge in [-0.3, -0.25) is 0 Å². The first kappa shape index (κ1) is 21.1. The van der Waals surface area contributed by atoms with Crippen molar-refractivity contribution in [3.8, 4) is 11.5 Å². The molecule has 0 radical (unpaired) electrons. The summed E-state index contributed by atoms with van der Waals surface area (Å²) in [7, 11) is 1.66. The molecule has 0 saturated heterocycles. The molecular formula is C22H23Cl2NO2. The number of nitrogens with one attached hydrogen (secondary N) is 1. The van der Waals surface area contributed by atoms with Crippen LogP contribution >= 0.6 is 24.0 Å². The van der Waals surface area contributed by atoms with Crippen LogP contribution in [0.15, 0.2) is 72.8 Å². The lowest BCUT2D eigenvalue weighted by Gasteiger charge is -2.13. The Morgan fingerprint density at radius 1 is 0.815 bits per heavy atom. The maximum atomic E-state index is 6.18. The second kappa shape index (κ2) is 10.8. The van der Waals surface area contributed by atoms with Gasteiger partial charge in [-0.1, -0.05) is 66.2 Å². The summed E-state index contributed by atoms with van der Waals surface area (Å²) in [6.45, 7) is 1.95. The molecule has 0 amide bonds. The highest BCUT2D eigenvalue weighted by Crippen LogP contribution is 2.29. The maximum absolute atomic E-state index is 6.18. The number of hydrogen-bond acceptors (Lipinski definition) is 3. The van der Waals surface area contributed by atoms with E-state index < -0.39 is 0 Å². The average molecular weight is 404 g/mol. The van der Waals surface area contributed by atoms with Gasteiger partial charge in [0.2, 0.25) is 0 Å². The van der Waals surface area contributed by atoms with Gasteiger partial charge in [-0.15, -0.1) is 12.4 Å². The summed E-state index contributed by atoms with van der Waals surface area (Å²) in [6.07, 6.45) is 0. The zero-order chi connectivity index (χ0) is 18.2. The van der Waals surface area contributed by atoms with Crippen LogP contribution in [0.5, 0.6) is 11.5 Å². The lowest BCUT2D eigenvalue weighted by atomic mass is 10.2. The van der Waals surface area contributed by atoms with Gasteiger partial charge in [0.15, 0.2) is 11.5 Å². The minimum Gasteiger partial charge on any atom is -0.493 e. The summed E-state index contributed by atoms with van der Waals surface area (Å²) in [5, 5.41) is 4.19. The molecule has 3 aromatic carbocycles. The number of hydrogen-bond donors (Lipinski definition) is 1. The quantitative estimate of drug-likeness (QED) is 0.527. The van der Waals surface area contributed by atoms with Crippen molar-refractivity contribution in [2.45, 2.75) is 19.7 Å². The van der Waals surface area contributed by atoms with Gasteiger partial charge in [0.1, 0.15) is 6.61 Å². The monoisotopic (exact) mass is 403 g/mol. The Morgan fingerprint density at radius 3 is 2.30 bits per heavy atom. The average Bonchev–Trinajstić information content (AvgIpc) is 2.69. The molecule has 0 atom stereocenters. The van der Waals surface area contributed by atoms with Gasteiger partial charge < -0.3 is 14.8 Å². The van der Waals surface area contributed by atoms with E-state index in [9.17, 15) is 0 Å². The number of benzene rings is 3. The highest BCUT2D eigenvalue weighted by Gasteiger charge is 2.07. The molecule has 3 rings (SSSR count). The standard InChI is InChI=1S/C22H22ClNO2.ClH/c1-25-22-13-18(14-24-15-19-9-5-6-10-20(19)23)11-12-21(22)26-16-17-7-3-2-4-8-17;/h2-13,24H,14-16H2,1H3;1H. The van der Waals surface area contributed by atoms with Gasteiger partial charge in [-0.05, 0) is 34.9 Å². The molecule has 0 aliphatic heterocycles. The van der Waals surface area contributed by atoms with Crippen LogP contribution in [-0.2, 0) is 19.7 Å². The molecule has 0 spiro atoms. The van der Waals surface area contributed by atoms with Crippen LogP contribution in [0.2, 0.25) is 5.02 Å². The molecule has 5 heteroatoms. The fraction of sp³-hybridized carbons (Fsp3) is 0.182. The molecule has 0 fully saturated rings. The summed E-state index contributed by atoms with van der Waals surface area (Å²) in [5.41, 5.74) is 3.34. The van der Waals surface area contributed by atoms with Crippen molar-refractivity contribution in [2.24, 2.45) is 0 Å². The predicted molar refractivity (Wildman–Crippen MR) is 113 cm³/mol. The first-order valence-corrected chi connectivity index (χ1v) is 8.92. The fourth-order valence-electron chi connectivity index (χ4n) is 2.66. The molecule has 0 unspecified atom stereocenters. The minimum atomic E-state index is 0. The molecule has 3 nitrogen and oxygen atoms in total. The Balaban J connectivity index is 0.00000261. The summed E-state index contributed by atoms with van der Waals surface area (Å²) in [6, 6.07) is 23.9. The lowest BCUT2D eigenvalue weighted by molar-refractivity contribution is 0.284. The molecule has 0 aliphatic carbocycles. The van der Waals surface area contributed by atoms with Crippen LogP contribution in [0.4, 0.5) is 0 Å². The van der Waals surface area contributed by atoms with E-state index in [0.717, 1.165) is 39.8 Å². The molecule has 27 heavy (non-hydrogen) atoms. The van der Waals surface area contributed by atoms with E-state index in [1.807, 2.05) is 72.8 Å². The van der Waals surface area contributed by atoms with Crippen LogP contribution in [0.1, 0.15) is 16.7 Å². The van der Waals surface area contributed by atoms with Crippen LogP contribution in [0.25, 0.3) is 0 Å². The molecule has 0 heterocycles. The van der Waals surface area contributed by atoms with Crippen molar-refractivity contribution in [2.75, 3.05) is 7.11 Å². The minimum absolute atomic E-state index is 0. The smallest absolute Gasteiger partial charge is 0.161 e. The van der Waals surface area contributed by atoms with E-state index in [1.165, 1.54) is 0 Å². The van der Waals surface area contributed by atoms with E-state index >= 15 is 0 Å². The highest BCUT2D eigenvalue weighted by atomic mass is 35.5. The van der Waals surface area contributed by atoms with E-state index in [2.05, 4.69) is 5.32 Å². The third-order valence-corrected chi connectivity index (χ3v) is 4.44. The van der Waals surface area contributed by atoms with Crippen LogP contribution in [0.3, 0.4) is 0 Å². The second-order valence-corrected chi connectivity index (χ2v) is 6.36. The Morgan fingerprint density at radius 2 is 1.56 bits per heavy atom. The van der Waals surface area contributed by atoms with Crippen LogP contribution in [-0.4, -0.2) is 7.11 Å². The van der Waals surface area contributed by atoms with Crippen LogP contribution in [0, 0.1) is 0 Å². The lowest BCUT2D eigenvalue weighted by Crippen LogP contribution is -2.13. The molecule has 1 N–H and O–H groups in total.